The maximum absolute atomic E-state index is 13.0. The first-order valence-electron chi connectivity index (χ1n) is 9.53. The maximum atomic E-state index is 13.0. The van der Waals surface area contributed by atoms with Gasteiger partial charge in [0.25, 0.3) is 11.6 Å². The van der Waals surface area contributed by atoms with Crippen molar-refractivity contribution in [2.45, 2.75) is 32.7 Å². The molecule has 3 aromatic rings. The fourth-order valence-corrected chi connectivity index (χ4v) is 3.17. The highest BCUT2D eigenvalue weighted by molar-refractivity contribution is 6.33. The lowest BCUT2D eigenvalue weighted by molar-refractivity contribution is -0.384. The number of nitro groups is 1. The van der Waals surface area contributed by atoms with Crippen LogP contribution in [0.4, 0.5) is 5.69 Å². The number of hydrogen-bond acceptors (Lipinski definition) is 6. The van der Waals surface area contributed by atoms with E-state index in [1.165, 1.54) is 12.1 Å². The summed E-state index contributed by atoms with van der Waals surface area (Å²) in [5.74, 6) is 0.570. The van der Waals surface area contributed by atoms with Gasteiger partial charge in [0.2, 0.25) is 11.7 Å². The Kier molecular flexibility index (Phi) is 6.79. The first-order chi connectivity index (χ1) is 14.4. The number of carbonyl (C=O) groups is 1. The van der Waals surface area contributed by atoms with E-state index in [-0.39, 0.29) is 17.6 Å². The van der Waals surface area contributed by atoms with E-state index in [0.29, 0.717) is 40.8 Å². The number of nitro benzene ring substituents is 1. The smallest absolute Gasteiger partial charge is 0.269 e. The topological polar surface area (TPSA) is 102 Å². The monoisotopic (exact) mass is 428 g/mol. The van der Waals surface area contributed by atoms with Crippen LogP contribution in [-0.2, 0) is 6.42 Å². The molecule has 1 heterocycles. The summed E-state index contributed by atoms with van der Waals surface area (Å²) >= 11 is 6.20. The van der Waals surface area contributed by atoms with Crippen LogP contribution >= 0.6 is 11.6 Å². The normalized spacial score (nSPS) is 11.8. The Morgan fingerprint density at radius 2 is 1.93 bits per heavy atom. The van der Waals surface area contributed by atoms with Gasteiger partial charge in [-0.05, 0) is 37.6 Å². The summed E-state index contributed by atoms with van der Waals surface area (Å²) < 4.78 is 5.31. The van der Waals surface area contributed by atoms with Gasteiger partial charge in [0.05, 0.1) is 15.5 Å². The van der Waals surface area contributed by atoms with Crippen LogP contribution in [0.25, 0.3) is 11.4 Å². The number of hydrogen-bond donors (Lipinski definition) is 0. The Morgan fingerprint density at radius 3 is 2.57 bits per heavy atom. The molecule has 0 saturated carbocycles. The summed E-state index contributed by atoms with van der Waals surface area (Å²) in [7, 11) is 0. The summed E-state index contributed by atoms with van der Waals surface area (Å²) in [5.41, 5.74) is 1.06. The minimum atomic E-state index is -0.467. The lowest BCUT2D eigenvalue weighted by atomic mass is 10.1. The SMILES string of the molecule is CC[C@H](C)N(CCc1nc(-c2ccc([N+](=O)[O-])cc2)no1)C(=O)c1ccccc1Cl. The van der Waals surface area contributed by atoms with E-state index in [4.69, 9.17) is 16.1 Å². The van der Waals surface area contributed by atoms with Gasteiger partial charge in [-0.15, -0.1) is 0 Å². The highest BCUT2D eigenvalue weighted by Gasteiger charge is 2.23. The predicted octanol–water partition coefficient (Wildman–Crippen LogP) is 4.78. The molecule has 0 unspecified atom stereocenters. The molecule has 0 fully saturated rings. The van der Waals surface area contributed by atoms with E-state index in [1.54, 1.807) is 41.3 Å². The molecule has 3 rings (SSSR count). The van der Waals surface area contributed by atoms with Crippen LogP contribution in [0.5, 0.6) is 0 Å². The van der Waals surface area contributed by atoms with Crippen molar-refractivity contribution in [3.8, 4) is 11.4 Å². The van der Waals surface area contributed by atoms with Crippen molar-refractivity contribution in [2.75, 3.05) is 6.54 Å². The molecule has 2 aromatic carbocycles. The standard InChI is InChI=1S/C21H21ClN4O4/c1-3-14(2)25(21(27)17-6-4-5-7-18(17)22)13-12-19-23-20(24-30-19)15-8-10-16(11-9-15)26(28)29/h4-11,14H,3,12-13H2,1-2H3/t14-/m0/s1. The van der Waals surface area contributed by atoms with Crippen molar-refractivity contribution in [1.29, 1.82) is 0 Å². The molecule has 0 bridgehead atoms. The number of benzene rings is 2. The number of carbonyl (C=O) groups excluding carboxylic acids is 1. The zero-order valence-corrected chi connectivity index (χ0v) is 17.4. The lowest BCUT2D eigenvalue weighted by Gasteiger charge is -2.28. The largest absolute Gasteiger partial charge is 0.339 e. The molecule has 0 spiro atoms. The fraction of sp³-hybridized carbons (Fsp3) is 0.286. The van der Waals surface area contributed by atoms with Crippen molar-refractivity contribution in [3.63, 3.8) is 0 Å². The molecule has 0 aliphatic carbocycles. The predicted molar refractivity (Wildman–Crippen MR) is 112 cm³/mol. The second-order valence-electron chi connectivity index (χ2n) is 6.80. The van der Waals surface area contributed by atoms with E-state index in [1.807, 2.05) is 13.8 Å². The second kappa shape index (κ2) is 9.49. The van der Waals surface area contributed by atoms with Gasteiger partial charge >= 0.3 is 0 Å². The molecule has 0 aliphatic rings. The van der Waals surface area contributed by atoms with Crippen molar-refractivity contribution < 1.29 is 14.2 Å². The molecule has 9 heteroatoms. The first-order valence-corrected chi connectivity index (χ1v) is 9.91. The van der Waals surface area contributed by atoms with E-state index in [2.05, 4.69) is 10.1 Å². The number of rotatable bonds is 8. The minimum absolute atomic E-state index is 0.00540. The molecule has 0 saturated heterocycles. The number of non-ortho nitro benzene ring substituents is 1. The molecule has 1 atom stereocenters. The van der Waals surface area contributed by atoms with Crippen LogP contribution in [0.3, 0.4) is 0 Å². The molecular weight excluding hydrogens is 408 g/mol. The number of aromatic nitrogens is 2. The molecule has 0 aliphatic heterocycles. The maximum Gasteiger partial charge on any atom is 0.269 e. The average molecular weight is 429 g/mol. The lowest BCUT2D eigenvalue weighted by Crippen LogP contribution is -2.40. The Hall–Kier alpha value is -3.26. The third-order valence-electron chi connectivity index (χ3n) is 4.86. The summed E-state index contributed by atoms with van der Waals surface area (Å²) in [6.45, 7) is 4.38. The zero-order valence-electron chi connectivity index (χ0n) is 16.6. The quantitative estimate of drug-likeness (QED) is 0.377. The number of nitrogens with zero attached hydrogens (tertiary/aromatic N) is 4. The summed E-state index contributed by atoms with van der Waals surface area (Å²) in [5, 5.41) is 15.1. The highest BCUT2D eigenvalue weighted by Crippen LogP contribution is 2.22. The highest BCUT2D eigenvalue weighted by atomic mass is 35.5. The minimum Gasteiger partial charge on any atom is -0.339 e. The van der Waals surface area contributed by atoms with E-state index in [0.717, 1.165) is 6.42 Å². The summed E-state index contributed by atoms with van der Waals surface area (Å²) in [4.78, 5) is 29.4. The van der Waals surface area contributed by atoms with Crippen molar-refractivity contribution >= 4 is 23.2 Å². The van der Waals surface area contributed by atoms with Gasteiger partial charge in [0.1, 0.15) is 0 Å². The van der Waals surface area contributed by atoms with Crippen molar-refractivity contribution in [1.82, 2.24) is 15.0 Å². The second-order valence-corrected chi connectivity index (χ2v) is 7.21. The number of amides is 1. The van der Waals surface area contributed by atoms with Crippen LogP contribution in [0.1, 0.15) is 36.5 Å². The van der Waals surface area contributed by atoms with E-state index < -0.39 is 4.92 Å². The zero-order chi connectivity index (χ0) is 21.7. The van der Waals surface area contributed by atoms with Crippen LogP contribution in [-0.4, -0.2) is 38.5 Å². The Bertz CT molecular complexity index is 1040. The van der Waals surface area contributed by atoms with Crippen LogP contribution < -0.4 is 0 Å². The van der Waals surface area contributed by atoms with Gasteiger partial charge < -0.3 is 9.42 Å². The van der Waals surface area contributed by atoms with Gasteiger partial charge in [-0.1, -0.05) is 35.8 Å². The molecule has 1 amide bonds. The fourth-order valence-electron chi connectivity index (χ4n) is 2.95. The van der Waals surface area contributed by atoms with Gasteiger partial charge in [-0.25, -0.2) is 0 Å². The van der Waals surface area contributed by atoms with Crippen LogP contribution in [0, 0.1) is 10.1 Å². The molecule has 1 aromatic heterocycles. The van der Waals surface area contributed by atoms with Crippen LogP contribution in [0.15, 0.2) is 53.1 Å². The Balaban J connectivity index is 1.73. The van der Waals surface area contributed by atoms with E-state index >= 15 is 0 Å². The average Bonchev–Trinajstić information content (AvgIpc) is 3.23. The molecule has 30 heavy (non-hydrogen) atoms. The molecule has 156 valence electrons. The van der Waals surface area contributed by atoms with Gasteiger partial charge in [-0.3, -0.25) is 14.9 Å². The van der Waals surface area contributed by atoms with Crippen molar-refractivity contribution in [2.24, 2.45) is 0 Å². The van der Waals surface area contributed by atoms with Crippen molar-refractivity contribution in [3.05, 3.63) is 75.1 Å². The van der Waals surface area contributed by atoms with Gasteiger partial charge in [0, 0.05) is 36.7 Å². The molecule has 0 N–H and O–H groups in total. The molecular formula is C21H21ClN4O4. The van der Waals surface area contributed by atoms with Gasteiger partial charge in [-0.2, -0.15) is 4.98 Å². The third-order valence-corrected chi connectivity index (χ3v) is 5.19. The van der Waals surface area contributed by atoms with Crippen LogP contribution in [0.2, 0.25) is 5.02 Å². The summed E-state index contributed by atoms with van der Waals surface area (Å²) in [6.07, 6.45) is 1.16. The molecule has 8 nitrogen and oxygen atoms in total. The third kappa shape index (κ3) is 4.83. The van der Waals surface area contributed by atoms with Gasteiger partial charge in [0.15, 0.2) is 0 Å². The Morgan fingerprint density at radius 1 is 1.23 bits per heavy atom. The summed E-state index contributed by atoms with van der Waals surface area (Å²) in [6, 6.07) is 12.9. The molecule has 0 radical (unpaired) electrons. The first kappa shape index (κ1) is 21.4. The Labute approximate surface area is 178 Å². The number of halogens is 1. The van der Waals surface area contributed by atoms with E-state index in [9.17, 15) is 14.9 Å².